The molecule has 1 aromatic heterocycles. The Balaban J connectivity index is 0.00000153. The summed E-state index contributed by atoms with van der Waals surface area (Å²) >= 11 is 0. The third kappa shape index (κ3) is 14.0. The summed E-state index contributed by atoms with van der Waals surface area (Å²) in [5.74, 6) is -3.53. The number of nitrogens with zero attached hydrogens (tertiary/aromatic N) is 2. The first-order valence-corrected chi connectivity index (χ1v) is 15.5. The molecule has 0 spiro atoms. The third-order valence-corrected chi connectivity index (χ3v) is 7.05. The highest BCUT2D eigenvalue weighted by molar-refractivity contribution is 7.80. The first kappa shape index (κ1) is 38.9. The van der Waals surface area contributed by atoms with E-state index in [0.717, 1.165) is 7.11 Å². The minimum absolute atomic E-state index is 0.0163. The van der Waals surface area contributed by atoms with Crippen molar-refractivity contribution in [3.05, 3.63) is 30.1 Å². The van der Waals surface area contributed by atoms with Crippen molar-refractivity contribution in [1.82, 2.24) is 20.9 Å². The Hall–Kier alpha value is -4.16. The van der Waals surface area contributed by atoms with Crippen LogP contribution in [0.5, 0.6) is 0 Å². The normalized spacial score (nSPS) is 16.4. The number of rotatable bonds is 14. The van der Waals surface area contributed by atoms with E-state index in [2.05, 4.69) is 20.1 Å². The molecule has 7 N–H and O–H groups in total. The summed E-state index contributed by atoms with van der Waals surface area (Å²) in [5, 5.41) is 7.82. The van der Waals surface area contributed by atoms with E-state index in [-0.39, 0.29) is 25.2 Å². The fourth-order valence-corrected chi connectivity index (χ4v) is 4.41. The monoisotopic (exact) mass is 657 g/mol. The van der Waals surface area contributed by atoms with Crippen LogP contribution in [0.25, 0.3) is 0 Å². The zero-order chi connectivity index (χ0) is 34.5. The van der Waals surface area contributed by atoms with Crippen molar-refractivity contribution in [2.24, 2.45) is 24.4 Å². The molecule has 2 rings (SSSR count). The molecule has 0 bridgehead atoms. The van der Waals surface area contributed by atoms with E-state index in [1.165, 1.54) is 11.8 Å². The number of carbonyl (C=O) groups excluding carboxylic acids is 6. The average molecular weight is 658 g/mol. The highest BCUT2D eigenvalue weighted by atomic mass is 32.3. The van der Waals surface area contributed by atoms with Gasteiger partial charge in [0.2, 0.25) is 39.9 Å². The Bertz CT molecular complexity index is 1340. The molecule has 1 aromatic rings. The number of hydrogen-bond donors (Lipinski definition) is 5. The molecule has 1 aliphatic rings. The number of primary amides is 2. The number of carbonyl (C=O) groups is 6. The van der Waals surface area contributed by atoms with Gasteiger partial charge in [-0.05, 0) is 44.6 Å². The van der Waals surface area contributed by atoms with Crippen molar-refractivity contribution in [1.29, 1.82) is 0 Å². The van der Waals surface area contributed by atoms with Gasteiger partial charge in [0.15, 0.2) is 12.4 Å². The van der Waals surface area contributed by atoms with Crippen LogP contribution < -0.4 is 32.0 Å². The van der Waals surface area contributed by atoms with Gasteiger partial charge in [0, 0.05) is 19.0 Å². The van der Waals surface area contributed by atoms with Crippen LogP contribution in [-0.2, 0) is 45.6 Å². The maximum Gasteiger partial charge on any atom is 0.257 e. The topological polar surface area (TPSA) is 264 Å². The van der Waals surface area contributed by atoms with E-state index in [1.807, 2.05) is 13.8 Å². The van der Waals surface area contributed by atoms with Crippen LogP contribution in [-0.4, -0.2) is 91.1 Å². The summed E-state index contributed by atoms with van der Waals surface area (Å²) in [4.78, 5) is 76.7. The molecule has 1 fully saturated rings. The predicted molar refractivity (Wildman–Crippen MR) is 157 cm³/mol. The lowest BCUT2D eigenvalue weighted by Crippen LogP contribution is -2.58. The van der Waals surface area contributed by atoms with Gasteiger partial charge >= 0.3 is 0 Å². The number of pyridine rings is 1. The Morgan fingerprint density at radius 2 is 1.67 bits per heavy atom. The predicted octanol–water partition coefficient (Wildman–Crippen LogP) is -2.52. The molecule has 0 saturated carbocycles. The second-order valence-electron chi connectivity index (χ2n) is 10.9. The van der Waals surface area contributed by atoms with Crippen LogP contribution in [0.4, 0.5) is 0 Å². The lowest BCUT2D eigenvalue weighted by molar-refractivity contribution is -0.671. The summed E-state index contributed by atoms with van der Waals surface area (Å²) in [6, 6.07) is -0.648. The largest absolute Gasteiger partial charge is 0.726 e. The van der Waals surface area contributed by atoms with Crippen molar-refractivity contribution < 1.29 is 50.5 Å². The van der Waals surface area contributed by atoms with Crippen LogP contribution >= 0.6 is 0 Å². The number of aromatic nitrogens is 1. The number of likely N-dealkylation sites (tertiary alicyclic amines) is 1. The zero-order valence-corrected chi connectivity index (χ0v) is 26.8. The fraction of sp³-hybridized carbons (Fsp3) is 0.593. The molecule has 0 aromatic carbocycles. The molecule has 1 aliphatic heterocycles. The lowest BCUT2D eigenvalue weighted by Gasteiger charge is -2.30. The molecule has 0 aliphatic carbocycles. The van der Waals surface area contributed by atoms with Gasteiger partial charge in [0.05, 0.1) is 7.11 Å². The molecular formula is C27H43N7O10S. The molecular weight excluding hydrogens is 614 g/mol. The highest BCUT2D eigenvalue weighted by Crippen LogP contribution is 2.20. The van der Waals surface area contributed by atoms with E-state index in [4.69, 9.17) is 11.5 Å². The summed E-state index contributed by atoms with van der Waals surface area (Å²) in [6.45, 7) is 5.56. The maximum absolute atomic E-state index is 13.3. The smallest absolute Gasteiger partial charge is 0.257 e. The quantitative estimate of drug-likeness (QED) is 0.0796. The van der Waals surface area contributed by atoms with Gasteiger partial charge in [-0.25, -0.2) is 13.0 Å². The molecule has 17 nitrogen and oxygen atoms in total. The van der Waals surface area contributed by atoms with Crippen molar-refractivity contribution in [3.63, 3.8) is 0 Å². The summed E-state index contributed by atoms with van der Waals surface area (Å²) < 4.78 is 32.7. The standard InChI is InChI=1S/C26H39N7O6.CH4O4S/c1-15(2)13-19(26(39)33-12-6-8-20(33)22(28)35)31-25(38)18(9-10-21(27)34)30-23(36)16(3)29-24(37)17-7-5-11-32(4)14-17;1-5-6(2,3)4/h5,7,11,14-16,18-20H,6,8-10,12-13H2,1-4H3,(H6-,27,28,29,30,31,34,35,36,37,38);1H3,(H,2,3,4)/t16-,18-,19-,20-;/m0./s1. The molecule has 252 valence electrons. The SMILES string of the molecule is CC(C)C[C@H](NC(=O)[C@H](CCC(N)=O)NC(=O)[C@H](C)NC(=O)c1ccc[n+](C)c1)C(=O)N1CCC[C@H]1C(N)=O.COS(=O)(=O)[O-]. The number of amides is 6. The molecule has 1 saturated heterocycles. The molecule has 0 radical (unpaired) electrons. The van der Waals surface area contributed by atoms with Gasteiger partial charge in [-0.2, -0.15) is 0 Å². The first-order chi connectivity index (χ1) is 20.9. The van der Waals surface area contributed by atoms with Crippen molar-refractivity contribution in [3.8, 4) is 0 Å². The van der Waals surface area contributed by atoms with E-state index < -0.39 is 70.0 Å². The number of nitrogens with two attached hydrogens (primary N) is 2. The Labute approximate surface area is 262 Å². The van der Waals surface area contributed by atoms with Gasteiger partial charge in [0.25, 0.3) is 5.91 Å². The van der Waals surface area contributed by atoms with E-state index >= 15 is 0 Å². The van der Waals surface area contributed by atoms with Crippen molar-refractivity contribution in [2.45, 2.75) is 77.0 Å². The van der Waals surface area contributed by atoms with Crippen molar-refractivity contribution in [2.75, 3.05) is 13.7 Å². The molecule has 6 amide bonds. The van der Waals surface area contributed by atoms with Crippen LogP contribution in [0.2, 0.25) is 0 Å². The van der Waals surface area contributed by atoms with E-state index in [0.29, 0.717) is 24.9 Å². The number of aryl methyl sites for hydroxylation is 1. The lowest BCUT2D eigenvalue weighted by atomic mass is 10.0. The maximum atomic E-state index is 13.3. The van der Waals surface area contributed by atoms with Crippen molar-refractivity contribution >= 4 is 45.8 Å². The Kier molecular flexibility index (Phi) is 15.5. The second kappa shape index (κ2) is 18.0. The average Bonchev–Trinajstić information content (AvgIpc) is 3.44. The first-order valence-electron chi connectivity index (χ1n) is 14.1. The van der Waals surface area contributed by atoms with Crippen LogP contribution in [0.1, 0.15) is 63.2 Å². The molecule has 4 atom stereocenters. The highest BCUT2D eigenvalue weighted by Gasteiger charge is 2.38. The van der Waals surface area contributed by atoms with Crippen LogP contribution in [0, 0.1) is 5.92 Å². The third-order valence-electron chi connectivity index (χ3n) is 6.65. The fourth-order valence-electron chi connectivity index (χ4n) is 4.41. The van der Waals surface area contributed by atoms with Gasteiger partial charge in [-0.3, -0.25) is 33.0 Å². The summed E-state index contributed by atoms with van der Waals surface area (Å²) in [5.41, 5.74) is 11.1. The van der Waals surface area contributed by atoms with E-state index in [9.17, 15) is 41.7 Å². The van der Waals surface area contributed by atoms with Gasteiger partial charge in [0.1, 0.15) is 36.8 Å². The van der Waals surface area contributed by atoms with Gasteiger partial charge in [-0.15, -0.1) is 0 Å². The van der Waals surface area contributed by atoms with Crippen LogP contribution in [0.15, 0.2) is 24.5 Å². The minimum Gasteiger partial charge on any atom is -0.726 e. The summed E-state index contributed by atoms with van der Waals surface area (Å²) in [7, 11) is -1.85. The molecule has 45 heavy (non-hydrogen) atoms. The molecule has 0 unspecified atom stereocenters. The summed E-state index contributed by atoms with van der Waals surface area (Å²) in [6.07, 6.45) is 4.39. The van der Waals surface area contributed by atoms with Crippen LogP contribution in [0.3, 0.4) is 0 Å². The molecule has 2 heterocycles. The Morgan fingerprint density at radius 1 is 1.07 bits per heavy atom. The Morgan fingerprint density at radius 3 is 2.18 bits per heavy atom. The number of nitrogens with one attached hydrogen (secondary N) is 3. The van der Waals surface area contributed by atoms with Gasteiger partial charge < -0.3 is 36.9 Å². The van der Waals surface area contributed by atoms with E-state index in [1.54, 1.807) is 36.1 Å². The van der Waals surface area contributed by atoms with Gasteiger partial charge in [-0.1, -0.05) is 13.8 Å². The number of hydrogen-bond acceptors (Lipinski definition) is 10. The second-order valence-corrected chi connectivity index (χ2v) is 12.0. The minimum atomic E-state index is -4.41. The molecule has 18 heteroatoms. The zero-order valence-electron chi connectivity index (χ0n) is 26.0.